The van der Waals surface area contributed by atoms with Crippen molar-refractivity contribution in [1.82, 2.24) is 0 Å². The van der Waals surface area contributed by atoms with Crippen molar-refractivity contribution < 1.29 is 14.2 Å². The maximum Gasteiger partial charge on any atom is 0.183 e. The summed E-state index contributed by atoms with van der Waals surface area (Å²) in [6.07, 6.45) is 64.3. The van der Waals surface area contributed by atoms with Gasteiger partial charge in [0.1, 0.15) is 6.10 Å². The Bertz CT molecular complexity index is 681. The molecule has 0 bridgehead atoms. The van der Waals surface area contributed by atoms with Gasteiger partial charge in [0.25, 0.3) is 0 Å². The van der Waals surface area contributed by atoms with Crippen molar-refractivity contribution in [2.24, 2.45) is 0 Å². The van der Waals surface area contributed by atoms with Crippen LogP contribution in [-0.2, 0) is 14.2 Å². The molecule has 0 saturated heterocycles. The van der Waals surface area contributed by atoms with Crippen LogP contribution in [0.2, 0.25) is 0 Å². The zero-order valence-corrected chi connectivity index (χ0v) is 41.7. The number of rotatable bonds is 54. The second kappa shape index (κ2) is 54.0. The summed E-state index contributed by atoms with van der Waals surface area (Å²) in [5.41, 5.74) is 0. The van der Waals surface area contributed by atoms with Crippen LogP contribution in [0.25, 0.3) is 0 Å². The van der Waals surface area contributed by atoms with Gasteiger partial charge in [0, 0.05) is 19.8 Å². The summed E-state index contributed by atoms with van der Waals surface area (Å²) < 4.78 is 20.1. The number of ether oxygens (including phenoxy) is 3. The number of unbranched alkanes of at least 4 members (excludes halogenated alkanes) is 42. The Morgan fingerprint density at radius 3 is 0.627 bits per heavy atom. The maximum atomic E-state index is 6.76. The lowest BCUT2D eigenvalue weighted by atomic mass is 10.0. The van der Waals surface area contributed by atoms with Crippen molar-refractivity contribution in [2.45, 2.75) is 342 Å². The molecule has 0 aliphatic rings. The van der Waals surface area contributed by atoms with Crippen LogP contribution >= 0.6 is 0 Å². The van der Waals surface area contributed by atoms with Gasteiger partial charge < -0.3 is 14.2 Å². The van der Waals surface area contributed by atoms with Crippen molar-refractivity contribution in [1.29, 1.82) is 0 Å². The molecule has 0 fully saturated rings. The lowest BCUT2D eigenvalue weighted by molar-refractivity contribution is -0.210. The second-order valence-electron chi connectivity index (χ2n) is 19.2. The molecule has 0 aliphatic heterocycles. The predicted molar refractivity (Wildman–Crippen MR) is 265 cm³/mol. The molecule has 0 amide bonds. The molecular formula is C56H114O3. The van der Waals surface area contributed by atoms with Gasteiger partial charge >= 0.3 is 0 Å². The van der Waals surface area contributed by atoms with E-state index in [-0.39, 0.29) is 12.4 Å². The van der Waals surface area contributed by atoms with Crippen LogP contribution in [0.1, 0.15) is 329 Å². The van der Waals surface area contributed by atoms with Crippen LogP contribution in [-0.4, -0.2) is 32.2 Å². The van der Waals surface area contributed by atoms with E-state index in [1.165, 1.54) is 283 Å². The smallest absolute Gasteiger partial charge is 0.183 e. The molecule has 0 aromatic carbocycles. The topological polar surface area (TPSA) is 27.7 Å². The van der Waals surface area contributed by atoms with Crippen LogP contribution in [0.15, 0.2) is 0 Å². The standard InChI is InChI=1S/C56H114O3/c1-5-9-13-17-21-25-29-32-36-40-44-48-52-57-55(51-47-43-39-35-28-24-20-16-12-8-4)56(58-53-49-45-41-37-33-30-26-22-18-14-10-6-2)59-54-50-46-42-38-34-31-27-23-19-15-11-7-3/h55-56H,5-54H2,1-4H3. The fraction of sp³-hybridized carbons (Fsp3) is 1.00. The largest absolute Gasteiger partial charge is 0.373 e. The molecular weight excluding hydrogens is 721 g/mol. The van der Waals surface area contributed by atoms with E-state index in [0.717, 1.165) is 39.1 Å². The van der Waals surface area contributed by atoms with Crippen LogP contribution in [0, 0.1) is 0 Å². The van der Waals surface area contributed by atoms with Crippen LogP contribution < -0.4 is 0 Å². The molecule has 356 valence electrons. The van der Waals surface area contributed by atoms with Gasteiger partial charge in [0.2, 0.25) is 0 Å². The first-order chi connectivity index (χ1) is 29.3. The molecule has 0 N–H and O–H groups in total. The SMILES string of the molecule is CCCCCCCCCCCCCCOC(CCCCCCCCCCCC)C(OCCCCCCCCCCCCCC)OCCCCCCCCCCCCCC. The summed E-state index contributed by atoms with van der Waals surface area (Å²) in [6, 6.07) is 0. The van der Waals surface area contributed by atoms with Gasteiger partial charge in [-0.25, -0.2) is 0 Å². The monoisotopic (exact) mass is 835 g/mol. The fourth-order valence-corrected chi connectivity index (χ4v) is 8.86. The molecule has 0 spiro atoms. The summed E-state index contributed by atoms with van der Waals surface area (Å²) in [4.78, 5) is 0. The van der Waals surface area contributed by atoms with Crippen molar-refractivity contribution in [3.8, 4) is 0 Å². The Hall–Kier alpha value is -0.120. The number of hydrogen-bond donors (Lipinski definition) is 0. The molecule has 0 radical (unpaired) electrons. The van der Waals surface area contributed by atoms with Crippen LogP contribution in [0.5, 0.6) is 0 Å². The van der Waals surface area contributed by atoms with E-state index in [1.807, 2.05) is 0 Å². The summed E-state index contributed by atoms with van der Waals surface area (Å²) in [6.45, 7) is 11.7. The predicted octanol–water partition coefficient (Wildman–Crippen LogP) is 20.1. The zero-order valence-electron chi connectivity index (χ0n) is 41.7. The Labute approximate surface area is 374 Å². The first kappa shape index (κ1) is 58.9. The Morgan fingerprint density at radius 1 is 0.203 bits per heavy atom. The van der Waals surface area contributed by atoms with Gasteiger partial charge in [0.05, 0.1) is 0 Å². The third kappa shape index (κ3) is 48.8. The van der Waals surface area contributed by atoms with Crippen LogP contribution in [0.4, 0.5) is 0 Å². The highest BCUT2D eigenvalue weighted by Gasteiger charge is 2.24. The summed E-state index contributed by atoms with van der Waals surface area (Å²) >= 11 is 0. The third-order valence-electron chi connectivity index (χ3n) is 13.0. The van der Waals surface area contributed by atoms with Crippen molar-refractivity contribution >= 4 is 0 Å². The maximum absolute atomic E-state index is 6.76. The molecule has 59 heavy (non-hydrogen) atoms. The Kier molecular flexibility index (Phi) is 53.9. The Morgan fingerprint density at radius 2 is 0.390 bits per heavy atom. The normalized spacial score (nSPS) is 12.4. The highest BCUT2D eigenvalue weighted by molar-refractivity contribution is 4.66. The molecule has 1 unspecified atom stereocenters. The van der Waals surface area contributed by atoms with E-state index in [4.69, 9.17) is 14.2 Å². The van der Waals surface area contributed by atoms with E-state index in [1.54, 1.807) is 0 Å². The zero-order chi connectivity index (χ0) is 42.6. The summed E-state index contributed by atoms with van der Waals surface area (Å²) in [5.74, 6) is 0. The first-order valence-corrected chi connectivity index (χ1v) is 28.1. The molecule has 1 atom stereocenters. The lowest BCUT2D eigenvalue weighted by Crippen LogP contribution is -2.35. The first-order valence-electron chi connectivity index (χ1n) is 28.1. The summed E-state index contributed by atoms with van der Waals surface area (Å²) in [7, 11) is 0. The highest BCUT2D eigenvalue weighted by atomic mass is 16.7. The fourth-order valence-electron chi connectivity index (χ4n) is 8.86. The van der Waals surface area contributed by atoms with Crippen molar-refractivity contribution in [3.63, 3.8) is 0 Å². The Balaban J connectivity index is 4.84. The van der Waals surface area contributed by atoms with Gasteiger partial charge in [-0.2, -0.15) is 0 Å². The molecule has 0 aromatic rings. The third-order valence-corrected chi connectivity index (χ3v) is 13.0. The van der Waals surface area contributed by atoms with E-state index in [0.29, 0.717) is 0 Å². The average Bonchev–Trinajstić information content (AvgIpc) is 3.25. The van der Waals surface area contributed by atoms with Crippen molar-refractivity contribution in [2.75, 3.05) is 19.8 Å². The number of hydrogen-bond acceptors (Lipinski definition) is 3. The molecule has 3 heteroatoms. The van der Waals surface area contributed by atoms with Gasteiger partial charge in [-0.05, 0) is 25.7 Å². The van der Waals surface area contributed by atoms with Gasteiger partial charge in [-0.15, -0.1) is 0 Å². The molecule has 0 aliphatic carbocycles. The minimum absolute atomic E-state index is 0.0754. The lowest BCUT2D eigenvalue weighted by Gasteiger charge is -2.28. The molecule has 0 rings (SSSR count). The minimum atomic E-state index is -0.202. The highest BCUT2D eigenvalue weighted by Crippen LogP contribution is 2.21. The van der Waals surface area contributed by atoms with Gasteiger partial charge in [0.15, 0.2) is 6.29 Å². The quantitative estimate of drug-likeness (QED) is 0.0451. The summed E-state index contributed by atoms with van der Waals surface area (Å²) in [5, 5.41) is 0. The van der Waals surface area contributed by atoms with E-state index >= 15 is 0 Å². The second-order valence-corrected chi connectivity index (χ2v) is 19.2. The molecule has 3 nitrogen and oxygen atoms in total. The van der Waals surface area contributed by atoms with Crippen LogP contribution in [0.3, 0.4) is 0 Å². The molecule has 0 aromatic heterocycles. The van der Waals surface area contributed by atoms with E-state index in [2.05, 4.69) is 27.7 Å². The molecule has 0 heterocycles. The van der Waals surface area contributed by atoms with E-state index in [9.17, 15) is 0 Å². The van der Waals surface area contributed by atoms with Gasteiger partial charge in [-0.1, -0.05) is 304 Å². The van der Waals surface area contributed by atoms with E-state index < -0.39 is 0 Å². The average molecular weight is 836 g/mol. The minimum Gasteiger partial charge on any atom is -0.373 e. The van der Waals surface area contributed by atoms with Crippen molar-refractivity contribution in [3.05, 3.63) is 0 Å². The molecule has 0 saturated carbocycles. The van der Waals surface area contributed by atoms with Gasteiger partial charge in [-0.3, -0.25) is 0 Å².